The summed E-state index contributed by atoms with van der Waals surface area (Å²) in [5, 5.41) is 6.09. The van der Waals surface area contributed by atoms with Crippen molar-refractivity contribution in [3.8, 4) is 5.75 Å². The fourth-order valence-corrected chi connectivity index (χ4v) is 3.97. The minimum absolute atomic E-state index is 0.0136. The maximum Gasteiger partial charge on any atom is 0.234 e. The van der Waals surface area contributed by atoms with E-state index < -0.39 is 11.6 Å². The monoisotopic (exact) mass is 445 g/mol. The summed E-state index contributed by atoms with van der Waals surface area (Å²) < 4.78 is 39.4. The van der Waals surface area contributed by atoms with Crippen LogP contribution in [0.2, 0.25) is 0 Å². The first-order valence-electron chi connectivity index (χ1n) is 11.1. The second-order valence-electron chi connectivity index (χ2n) is 8.21. The predicted octanol–water partition coefficient (Wildman–Crippen LogP) is 2.44. The molecule has 0 bridgehead atoms. The Kier molecular flexibility index (Phi) is 7.68. The molecule has 172 valence electrons. The van der Waals surface area contributed by atoms with Crippen LogP contribution in [0.4, 0.5) is 8.78 Å². The maximum atomic E-state index is 14.5. The van der Waals surface area contributed by atoms with Gasteiger partial charge in [0.2, 0.25) is 5.91 Å². The highest BCUT2D eigenvalue weighted by atomic mass is 19.1. The zero-order valence-electron chi connectivity index (χ0n) is 18.0. The molecule has 1 aliphatic heterocycles. The van der Waals surface area contributed by atoms with E-state index in [1.54, 1.807) is 0 Å². The molecule has 2 unspecified atom stereocenters. The van der Waals surface area contributed by atoms with Gasteiger partial charge in [-0.3, -0.25) is 9.69 Å². The molecule has 2 N–H and O–H groups in total. The molecule has 2 aliphatic rings. The Hall–Kier alpha value is -2.55. The molecule has 1 aliphatic carbocycles. The lowest BCUT2D eigenvalue weighted by Crippen LogP contribution is -2.43. The number of benzene rings is 2. The number of nitrogens with one attached hydrogen (secondary N) is 2. The van der Waals surface area contributed by atoms with E-state index in [0.717, 1.165) is 44.5 Å². The molecule has 0 radical (unpaired) electrons. The molecule has 1 heterocycles. The number of hydrogen-bond acceptors (Lipinski definition) is 5. The molecule has 6 nitrogen and oxygen atoms in total. The van der Waals surface area contributed by atoms with Crippen molar-refractivity contribution in [1.29, 1.82) is 0 Å². The number of morpholine rings is 1. The van der Waals surface area contributed by atoms with Crippen molar-refractivity contribution < 1.29 is 23.0 Å². The number of hydrogen-bond donors (Lipinski definition) is 2. The van der Waals surface area contributed by atoms with Crippen molar-refractivity contribution in [2.24, 2.45) is 0 Å². The Labute approximate surface area is 186 Å². The smallest absolute Gasteiger partial charge is 0.234 e. The molecule has 1 saturated carbocycles. The molecule has 0 spiro atoms. The molecular formula is C24H29F2N3O3. The number of ether oxygens (including phenoxy) is 2. The SMILES string of the molecule is O=C(CNC1CC1c1cc(F)cc(F)c1OCc1ccccc1)NCCN1CCOCC1. The molecule has 2 fully saturated rings. The van der Waals surface area contributed by atoms with Crippen LogP contribution in [0.3, 0.4) is 0 Å². The number of rotatable bonds is 10. The van der Waals surface area contributed by atoms with E-state index in [0.29, 0.717) is 18.5 Å². The van der Waals surface area contributed by atoms with Gasteiger partial charge in [-0.15, -0.1) is 0 Å². The third-order valence-electron chi connectivity index (χ3n) is 5.83. The molecule has 1 saturated heterocycles. The zero-order valence-corrected chi connectivity index (χ0v) is 18.0. The Morgan fingerprint density at radius 3 is 2.72 bits per heavy atom. The van der Waals surface area contributed by atoms with Crippen LogP contribution in [0, 0.1) is 11.6 Å². The first kappa shape index (κ1) is 22.6. The van der Waals surface area contributed by atoms with Crippen molar-refractivity contribution in [3.05, 3.63) is 65.2 Å². The second-order valence-corrected chi connectivity index (χ2v) is 8.21. The lowest BCUT2D eigenvalue weighted by atomic mass is 10.1. The number of carbonyl (C=O) groups excluding carboxylic acids is 1. The Morgan fingerprint density at radius 1 is 1.16 bits per heavy atom. The van der Waals surface area contributed by atoms with Crippen molar-refractivity contribution in [3.63, 3.8) is 0 Å². The van der Waals surface area contributed by atoms with Crippen LogP contribution >= 0.6 is 0 Å². The van der Waals surface area contributed by atoms with Crippen LogP contribution in [-0.4, -0.2) is 62.8 Å². The number of halogens is 2. The number of amides is 1. The third kappa shape index (κ3) is 6.25. The van der Waals surface area contributed by atoms with Crippen LogP contribution in [-0.2, 0) is 16.1 Å². The van der Waals surface area contributed by atoms with Crippen molar-refractivity contribution in [2.45, 2.75) is 25.0 Å². The van der Waals surface area contributed by atoms with E-state index in [4.69, 9.17) is 9.47 Å². The van der Waals surface area contributed by atoms with Crippen molar-refractivity contribution in [2.75, 3.05) is 45.9 Å². The topological polar surface area (TPSA) is 62.8 Å². The van der Waals surface area contributed by atoms with Gasteiger partial charge in [-0.05, 0) is 18.1 Å². The summed E-state index contributed by atoms with van der Waals surface area (Å²) in [5.41, 5.74) is 1.41. The quantitative estimate of drug-likeness (QED) is 0.588. The zero-order chi connectivity index (χ0) is 22.3. The number of nitrogens with zero attached hydrogens (tertiary/aromatic N) is 1. The maximum absolute atomic E-state index is 14.5. The Bertz CT molecular complexity index is 907. The highest BCUT2D eigenvalue weighted by Gasteiger charge is 2.41. The molecule has 2 atom stereocenters. The highest BCUT2D eigenvalue weighted by molar-refractivity contribution is 5.78. The van der Waals surface area contributed by atoms with Gasteiger partial charge in [0.15, 0.2) is 11.6 Å². The van der Waals surface area contributed by atoms with Gasteiger partial charge >= 0.3 is 0 Å². The fraction of sp³-hybridized carbons (Fsp3) is 0.458. The van der Waals surface area contributed by atoms with E-state index in [1.165, 1.54) is 6.07 Å². The average Bonchev–Trinajstić information content (AvgIpc) is 3.58. The van der Waals surface area contributed by atoms with Crippen molar-refractivity contribution >= 4 is 5.91 Å². The molecular weight excluding hydrogens is 416 g/mol. The molecule has 32 heavy (non-hydrogen) atoms. The summed E-state index contributed by atoms with van der Waals surface area (Å²) in [4.78, 5) is 14.4. The molecule has 0 aromatic heterocycles. The summed E-state index contributed by atoms with van der Waals surface area (Å²) in [6.07, 6.45) is 0.700. The summed E-state index contributed by atoms with van der Waals surface area (Å²) in [5.74, 6) is -1.43. The van der Waals surface area contributed by atoms with Gasteiger partial charge in [-0.2, -0.15) is 0 Å². The normalized spacial score (nSPS) is 20.7. The molecule has 8 heteroatoms. The van der Waals surface area contributed by atoms with Crippen LogP contribution in [0.1, 0.15) is 23.5 Å². The third-order valence-corrected chi connectivity index (χ3v) is 5.83. The van der Waals surface area contributed by atoms with Gasteiger partial charge in [0.1, 0.15) is 12.4 Å². The van der Waals surface area contributed by atoms with Crippen LogP contribution < -0.4 is 15.4 Å². The van der Waals surface area contributed by atoms with Gasteiger partial charge < -0.3 is 20.1 Å². The Morgan fingerprint density at radius 2 is 1.94 bits per heavy atom. The molecule has 2 aromatic rings. The molecule has 1 amide bonds. The van der Waals surface area contributed by atoms with Gasteiger partial charge in [-0.25, -0.2) is 8.78 Å². The lowest BCUT2D eigenvalue weighted by Gasteiger charge is -2.26. The minimum Gasteiger partial charge on any atom is -0.486 e. The van der Waals surface area contributed by atoms with E-state index in [-0.39, 0.29) is 36.8 Å². The van der Waals surface area contributed by atoms with Crippen LogP contribution in [0.25, 0.3) is 0 Å². The first-order chi connectivity index (χ1) is 15.6. The van der Waals surface area contributed by atoms with E-state index in [1.807, 2.05) is 30.3 Å². The molecule has 2 aromatic carbocycles. The highest BCUT2D eigenvalue weighted by Crippen LogP contribution is 2.46. The number of carbonyl (C=O) groups is 1. The minimum atomic E-state index is -0.706. The van der Waals surface area contributed by atoms with Crippen LogP contribution in [0.15, 0.2) is 42.5 Å². The van der Waals surface area contributed by atoms with Gasteiger partial charge in [0.05, 0.1) is 19.8 Å². The molecule has 4 rings (SSSR count). The summed E-state index contributed by atoms with van der Waals surface area (Å²) in [6, 6.07) is 11.6. The van der Waals surface area contributed by atoms with E-state index in [9.17, 15) is 13.6 Å². The Balaban J connectivity index is 1.26. The largest absolute Gasteiger partial charge is 0.486 e. The standard InChI is InChI=1S/C24H29F2N3O3/c25-18-12-20(24(21(26)13-18)32-16-17-4-2-1-3-5-17)19-14-22(19)28-15-23(30)27-6-7-29-8-10-31-11-9-29/h1-5,12-13,19,22,28H,6-11,14-16H2,(H,27,30). The summed E-state index contributed by atoms with van der Waals surface area (Å²) in [7, 11) is 0. The van der Waals surface area contributed by atoms with Gasteiger partial charge in [0.25, 0.3) is 0 Å². The van der Waals surface area contributed by atoms with E-state index in [2.05, 4.69) is 15.5 Å². The average molecular weight is 446 g/mol. The van der Waals surface area contributed by atoms with Gasteiger partial charge in [0, 0.05) is 49.8 Å². The fourth-order valence-electron chi connectivity index (χ4n) is 3.97. The predicted molar refractivity (Wildman–Crippen MR) is 117 cm³/mol. The first-order valence-corrected chi connectivity index (χ1v) is 11.1. The van der Waals surface area contributed by atoms with E-state index >= 15 is 0 Å². The summed E-state index contributed by atoms with van der Waals surface area (Å²) in [6.45, 7) is 4.99. The summed E-state index contributed by atoms with van der Waals surface area (Å²) >= 11 is 0. The second kappa shape index (κ2) is 10.8. The lowest BCUT2D eigenvalue weighted by molar-refractivity contribution is -0.120. The van der Waals surface area contributed by atoms with Gasteiger partial charge in [-0.1, -0.05) is 30.3 Å². The van der Waals surface area contributed by atoms with Crippen molar-refractivity contribution in [1.82, 2.24) is 15.5 Å². The van der Waals surface area contributed by atoms with Crippen LogP contribution in [0.5, 0.6) is 5.75 Å².